The van der Waals surface area contributed by atoms with E-state index in [4.69, 9.17) is 16.3 Å². The Balaban J connectivity index is 1.71. The molecule has 2 aliphatic heterocycles. The number of benzene rings is 1. The quantitative estimate of drug-likeness (QED) is 0.886. The number of ether oxygens (including phenoxy) is 1. The maximum absolute atomic E-state index is 12.6. The van der Waals surface area contributed by atoms with Crippen LogP contribution in [-0.2, 0) is 4.74 Å². The molecule has 3 atom stereocenters. The predicted molar refractivity (Wildman–Crippen MR) is 88.4 cm³/mol. The smallest absolute Gasteiger partial charge is 0.317 e. The van der Waals surface area contributed by atoms with Gasteiger partial charge in [-0.15, -0.1) is 0 Å². The number of aliphatic hydroxyl groups excluding tert-OH is 1. The van der Waals surface area contributed by atoms with Crippen LogP contribution in [0.4, 0.5) is 4.79 Å². The van der Waals surface area contributed by atoms with E-state index in [-0.39, 0.29) is 30.5 Å². The summed E-state index contributed by atoms with van der Waals surface area (Å²) in [5.74, 6) is 0.473. The normalized spacial score (nSPS) is 25.6. The monoisotopic (exact) mass is 338 g/mol. The summed E-state index contributed by atoms with van der Waals surface area (Å²) in [7, 11) is 0. The summed E-state index contributed by atoms with van der Waals surface area (Å²) in [6, 6.07) is 7.49. The zero-order chi connectivity index (χ0) is 16.2. The minimum atomic E-state index is -0.0737. The molecule has 3 rings (SSSR count). The van der Waals surface area contributed by atoms with Gasteiger partial charge >= 0.3 is 6.03 Å². The summed E-state index contributed by atoms with van der Waals surface area (Å²) in [4.78, 5) is 14.4. The fraction of sp³-hybridized carbons (Fsp3) is 0.588. The van der Waals surface area contributed by atoms with Crippen molar-refractivity contribution in [1.82, 2.24) is 10.2 Å². The van der Waals surface area contributed by atoms with Crippen LogP contribution in [0.1, 0.15) is 24.4 Å². The number of hydrogen-bond donors (Lipinski definition) is 2. The lowest BCUT2D eigenvalue weighted by Crippen LogP contribution is -2.42. The number of carbonyl (C=O) groups excluding carboxylic acids is 1. The molecule has 2 aliphatic rings. The van der Waals surface area contributed by atoms with Crippen molar-refractivity contribution in [2.45, 2.75) is 18.9 Å². The summed E-state index contributed by atoms with van der Waals surface area (Å²) in [5.41, 5.74) is 1.05. The largest absolute Gasteiger partial charge is 0.396 e. The Morgan fingerprint density at radius 2 is 2.17 bits per heavy atom. The molecule has 0 aromatic heterocycles. The van der Waals surface area contributed by atoms with Crippen LogP contribution in [0, 0.1) is 11.8 Å². The number of halogens is 1. The number of nitrogens with zero attached hydrogens (tertiary/aromatic N) is 1. The van der Waals surface area contributed by atoms with Crippen molar-refractivity contribution in [3.8, 4) is 0 Å². The maximum Gasteiger partial charge on any atom is 0.317 e. The summed E-state index contributed by atoms with van der Waals surface area (Å²) >= 11 is 5.97. The van der Waals surface area contributed by atoms with Gasteiger partial charge < -0.3 is 20.1 Å². The van der Waals surface area contributed by atoms with E-state index in [1.54, 1.807) is 4.90 Å². The molecule has 5 nitrogen and oxygen atoms in total. The molecule has 2 saturated heterocycles. The summed E-state index contributed by atoms with van der Waals surface area (Å²) in [6.07, 6.45) is 1.80. The van der Waals surface area contributed by atoms with Crippen LogP contribution in [0.25, 0.3) is 0 Å². The SMILES string of the molecule is O=C(N[C@H](c1ccc(Cl)cc1)[C@H]1CCOC1)N1CC[C@@H](CO)C1. The zero-order valence-electron chi connectivity index (χ0n) is 13.1. The van der Waals surface area contributed by atoms with Crippen molar-refractivity contribution < 1.29 is 14.6 Å². The molecule has 0 radical (unpaired) electrons. The van der Waals surface area contributed by atoms with Crippen LogP contribution in [0.15, 0.2) is 24.3 Å². The molecule has 0 saturated carbocycles. The summed E-state index contributed by atoms with van der Waals surface area (Å²) < 4.78 is 5.50. The van der Waals surface area contributed by atoms with E-state index in [0.29, 0.717) is 24.7 Å². The van der Waals surface area contributed by atoms with E-state index in [0.717, 1.165) is 25.0 Å². The average molecular weight is 339 g/mol. The van der Waals surface area contributed by atoms with E-state index in [1.807, 2.05) is 24.3 Å². The number of urea groups is 1. The second-order valence-corrected chi connectivity index (χ2v) is 6.82. The van der Waals surface area contributed by atoms with Gasteiger partial charge in [0.05, 0.1) is 12.6 Å². The number of nitrogens with one attached hydrogen (secondary N) is 1. The predicted octanol–water partition coefficient (Wildman–Crippen LogP) is 2.44. The van der Waals surface area contributed by atoms with Crippen LogP contribution in [-0.4, -0.2) is 48.9 Å². The Hall–Kier alpha value is -1.30. The van der Waals surface area contributed by atoms with Crippen LogP contribution < -0.4 is 5.32 Å². The first-order valence-electron chi connectivity index (χ1n) is 8.17. The van der Waals surface area contributed by atoms with E-state index in [1.165, 1.54) is 0 Å². The highest BCUT2D eigenvalue weighted by atomic mass is 35.5. The highest BCUT2D eigenvalue weighted by Gasteiger charge is 2.32. The van der Waals surface area contributed by atoms with Gasteiger partial charge in [-0.3, -0.25) is 0 Å². The number of rotatable bonds is 4. The summed E-state index contributed by atoms with van der Waals surface area (Å²) in [6.45, 7) is 2.86. The minimum Gasteiger partial charge on any atom is -0.396 e. The lowest BCUT2D eigenvalue weighted by atomic mass is 9.92. The highest BCUT2D eigenvalue weighted by molar-refractivity contribution is 6.30. The van der Waals surface area contributed by atoms with Crippen molar-refractivity contribution in [1.29, 1.82) is 0 Å². The lowest BCUT2D eigenvalue weighted by Gasteiger charge is -2.27. The van der Waals surface area contributed by atoms with Gasteiger partial charge in [-0.05, 0) is 30.5 Å². The van der Waals surface area contributed by atoms with Crippen LogP contribution in [0.2, 0.25) is 5.02 Å². The Bertz CT molecular complexity index is 531. The molecule has 0 bridgehead atoms. The second kappa shape index (κ2) is 7.51. The number of carbonyl (C=O) groups is 1. The molecule has 2 N–H and O–H groups in total. The van der Waals surface area contributed by atoms with Crippen molar-refractivity contribution in [3.63, 3.8) is 0 Å². The fourth-order valence-electron chi connectivity index (χ4n) is 3.35. The van der Waals surface area contributed by atoms with Gasteiger partial charge in [-0.2, -0.15) is 0 Å². The first kappa shape index (κ1) is 16.6. The van der Waals surface area contributed by atoms with Crippen molar-refractivity contribution in [3.05, 3.63) is 34.9 Å². The van der Waals surface area contributed by atoms with Gasteiger partial charge in [0, 0.05) is 43.2 Å². The molecule has 126 valence electrons. The van der Waals surface area contributed by atoms with Gasteiger partial charge in [0.1, 0.15) is 0 Å². The number of aliphatic hydroxyl groups is 1. The number of hydrogen-bond acceptors (Lipinski definition) is 3. The van der Waals surface area contributed by atoms with Gasteiger partial charge in [0.15, 0.2) is 0 Å². The van der Waals surface area contributed by atoms with Gasteiger partial charge in [0.2, 0.25) is 0 Å². The van der Waals surface area contributed by atoms with Gasteiger partial charge in [0.25, 0.3) is 0 Å². The molecule has 6 heteroatoms. The van der Waals surface area contributed by atoms with Crippen molar-refractivity contribution >= 4 is 17.6 Å². The lowest BCUT2D eigenvalue weighted by molar-refractivity contribution is 0.170. The Labute approximate surface area is 141 Å². The van der Waals surface area contributed by atoms with Crippen molar-refractivity contribution in [2.75, 3.05) is 32.9 Å². The molecular formula is C17H23ClN2O3. The molecular weight excluding hydrogens is 316 g/mol. The van der Waals surface area contributed by atoms with E-state index in [9.17, 15) is 9.90 Å². The van der Waals surface area contributed by atoms with Crippen molar-refractivity contribution in [2.24, 2.45) is 11.8 Å². The number of likely N-dealkylation sites (tertiary alicyclic amines) is 1. The van der Waals surface area contributed by atoms with E-state index < -0.39 is 0 Å². The Kier molecular flexibility index (Phi) is 5.41. The van der Waals surface area contributed by atoms with Crippen LogP contribution in [0.5, 0.6) is 0 Å². The molecule has 1 aromatic rings. The molecule has 23 heavy (non-hydrogen) atoms. The molecule has 2 heterocycles. The molecule has 2 amide bonds. The molecule has 0 unspecified atom stereocenters. The van der Waals surface area contributed by atoms with Gasteiger partial charge in [-0.1, -0.05) is 23.7 Å². The van der Waals surface area contributed by atoms with Crippen LogP contribution in [0.3, 0.4) is 0 Å². The minimum absolute atomic E-state index is 0.0622. The van der Waals surface area contributed by atoms with Crippen LogP contribution >= 0.6 is 11.6 Å². The maximum atomic E-state index is 12.6. The third-order valence-corrected chi connectivity index (χ3v) is 5.03. The average Bonchev–Trinajstić information content (AvgIpc) is 3.25. The van der Waals surface area contributed by atoms with E-state index in [2.05, 4.69) is 5.32 Å². The Morgan fingerprint density at radius 1 is 1.39 bits per heavy atom. The first-order valence-corrected chi connectivity index (χ1v) is 8.54. The topological polar surface area (TPSA) is 61.8 Å². The van der Waals surface area contributed by atoms with E-state index >= 15 is 0 Å². The Morgan fingerprint density at radius 3 is 2.78 bits per heavy atom. The zero-order valence-corrected chi connectivity index (χ0v) is 13.8. The number of amides is 2. The third-order valence-electron chi connectivity index (χ3n) is 4.78. The first-order chi connectivity index (χ1) is 11.2. The third kappa shape index (κ3) is 3.97. The summed E-state index contributed by atoms with van der Waals surface area (Å²) in [5, 5.41) is 13.1. The standard InChI is InChI=1S/C17H23ClN2O3/c18-15-3-1-13(2-4-15)16(14-6-8-23-11-14)19-17(22)20-7-5-12(9-20)10-21/h1-4,12,14,16,21H,5-11H2,(H,19,22)/t12-,14+,16-/m1/s1. The molecule has 0 aliphatic carbocycles. The molecule has 0 spiro atoms. The molecule has 1 aromatic carbocycles. The fourth-order valence-corrected chi connectivity index (χ4v) is 3.48. The van der Waals surface area contributed by atoms with Gasteiger partial charge in [-0.25, -0.2) is 4.79 Å². The highest BCUT2D eigenvalue weighted by Crippen LogP contribution is 2.30. The second-order valence-electron chi connectivity index (χ2n) is 6.39. The molecule has 2 fully saturated rings.